The molecule has 2 N–H and O–H groups in total. The topological polar surface area (TPSA) is 109 Å². The summed E-state index contributed by atoms with van der Waals surface area (Å²) in [5, 5.41) is 5.89. The second-order valence-electron chi connectivity index (χ2n) is 8.73. The molecule has 5 aromatic rings. The number of thiazole rings is 1. The molecule has 0 bridgehead atoms. The van der Waals surface area contributed by atoms with Gasteiger partial charge < -0.3 is 15.4 Å². The van der Waals surface area contributed by atoms with E-state index >= 15 is 0 Å². The average Bonchev–Trinajstić information content (AvgIpc) is 3.48. The number of anilines is 4. The normalized spacial score (nSPS) is 12.2. The van der Waals surface area contributed by atoms with Crippen molar-refractivity contribution in [1.29, 1.82) is 0 Å². The van der Waals surface area contributed by atoms with Gasteiger partial charge in [0.15, 0.2) is 6.61 Å². The Labute approximate surface area is 240 Å². The number of halogens is 3. The number of carbonyl (C=O) groups is 2. The molecule has 41 heavy (non-hydrogen) atoms. The van der Waals surface area contributed by atoms with Crippen LogP contribution in [0.2, 0.25) is 0 Å². The lowest BCUT2D eigenvalue weighted by Gasteiger charge is -2.18. The van der Waals surface area contributed by atoms with Crippen LogP contribution in [-0.4, -0.2) is 33.4 Å². The van der Waals surface area contributed by atoms with Crippen molar-refractivity contribution >= 4 is 57.9 Å². The Kier molecular flexibility index (Phi) is 7.00. The Morgan fingerprint density at radius 1 is 1.07 bits per heavy atom. The van der Waals surface area contributed by atoms with Crippen LogP contribution in [0.1, 0.15) is 10.4 Å². The number of hydrogen-bond donors (Lipinski definition) is 2. The summed E-state index contributed by atoms with van der Waals surface area (Å²) in [6.07, 6.45) is 1.60. The molecule has 1 aliphatic heterocycles. The zero-order chi connectivity index (χ0) is 28.5. The van der Waals surface area contributed by atoms with Gasteiger partial charge in [-0.15, -0.1) is 11.3 Å². The zero-order valence-corrected chi connectivity index (χ0v) is 22.3. The van der Waals surface area contributed by atoms with E-state index in [2.05, 4.69) is 25.6 Å². The fourth-order valence-electron chi connectivity index (χ4n) is 4.13. The number of rotatable bonds is 6. The summed E-state index contributed by atoms with van der Waals surface area (Å²) < 4.78 is 33.9. The van der Waals surface area contributed by atoms with Crippen LogP contribution in [0.25, 0.3) is 21.8 Å². The predicted molar refractivity (Wildman–Crippen MR) is 151 cm³/mol. The molecule has 2 aromatic heterocycles. The Bertz CT molecular complexity index is 1820. The summed E-state index contributed by atoms with van der Waals surface area (Å²) in [5.74, 6) is -1.92. The molecule has 3 heterocycles. The van der Waals surface area contributed by atoms with Crippen molar-refractivity contribution in [3.63, 3.8) is 0 Å². The molecule has 0 saturated carbocycles. The predicted octanol–water partition coefficient (Wildman–Crippen LogP) is 6.42. The lowest BCUT2D eigenvalue weighted by molar-refractivity contribution is -0.118. The van der Waals surface area contributed by atoms with Crippen LogP contribution in [0.4, 0.5) is 31.8 Å². The van der Waals surface area contributed by atoms with Crippen LogP contribution in [0.3, 0.4) is 0 Å². The maximum absolute atomic E-state index is 14.2. The van der Waals surface area contributed by atoms with E-state index in [4.69, 9.17) is 16.5 Å². The third-order valence-corrected chi connectivity index (χ3v) is 7.21. The van der Waals surface area contributed by atoms with Gasteiger partial charge >= 0.3 is 0 Å². The molecule has 0 unspecified atom stereocenters. The van der Waals surface area contributed by atoms with Gasteiger partial charge in [0.05, 0.1) is 38.7 Å². The largest absolute Gasteiger partial charge is 0.482 e. The monoisotopic (exact) mass is 590 g/mol. The van der Waals surface area contributed by atoms with E-state index in [0.717, 1.165) is 27.5 Å². The van der Waals surface area contributed by atoms with Gasteiger partial charge in [0.25, 0.3) is 11.8 Å². The van der Waals surface area contributed by atoms with Crippen molar-refractivity contribution in [1.82, 2.24) is 15.0 Å². The molecule has 13 heteroatoms. The number of carbonyl (C=O) groups excluding carboxylic acids is 2. The highest BCUT2D eigenvalue weighted by atomic mass is 35.5. The average molecular weight is 591 g/mol. The van der Waals surface area contributed by atoms with Crippen LogP contribution < -0.4 is 19.8 Å². The lowest BCUT2D eigenvalue weighted by Crippen LogP contribution is -2.25. The van der Waals surface area contributed by atoms with E-state index in [0.29, 0.717) is 40.0 Å². The Balaban J connectivity index is 1.26. The maximum atomic E-state index is 14.2. The molecule has 0 aliphatic carbocycles. The first-order valence-corrected chi connectivity index (χ1v) is 13.2. The second-order valence-corrected chi connectivity index (χ2v) is 9.92. The molecule has 204 valence electrons. The number of hydrogen-bond acceptors (Lipinski definition) is 8. The third-order valence-electron chi connectivity index (χ3n) is 6.01. The Morgan fingerprint density at radius 2 is 1.95 bits per heavy atom. The molecule has 0 atom stereocenters. The zero-order valence-electron chi connectivity index (χ0n) is 20.8. The number of fused-ring (bicyclic) bond motifs is 1. The second kappa shape index (κ2) is 10.9. The molecule has 1 aliphatic rings. The number of aromatic nitrogens is 3. The van der Waals surface area contributed by atoms with Crippen LogP contribution >= 0.6 is 23.1 Å². The number of nitrogens with zero attached hydrogens (tertiary/aromatic N) is 4. The number of ether oxygens (including phenoxy) is 1. The number of amides is 2. The van der Waals surface area contributed by atoms with E-state index in [9.17, 15) is 18.4 Å². The van der Waals surface area contributed by atoms with Gasteiger partial charge in [0, 0.05) is 29.2 Å². The van der Waals surface area contributed by atoms with Crippen LogP contribution in [0.15, 0.2) is 78.4 Å². The summed E-state index contributed by atoms with van der Waals surface area (Å²) in [6.45, 7) is -0.0319. The van der Waals surface area contributed by atoms with Gasteiger partial charge in [0.1, 0.15) is 17.4 Å². The van der Waals surface area contributed by atoms with E-state index in [1.165, 1.54) is 11.3 Å². The van der Waals surface area contributed by atoms with Crippen molar-refractivity contribution in [2.45, 2.75) is 0 Å². The quantitative estimate of drug-likeness (QED) is 0.220. The van der Waals surface area contributed by atoms with Gasteiger partial charge in [-0.1, -0.05) is 12.1 Å². The molecular weight excluding hydrogens is 574 g/mol. The Hall–Kier alpha value is -4.94. The van der Waals surface area contributed by atoms with Crippen molar-refractivity contribution in [3.05, 3.63) is 95.6 Å². The van der Waals surface area contributed by atoms with Gasteiger partial charge in [-0.3, -0.25) is 9.59 Å². The SMILES string of the molecule is O=C1COc2ccc(Nc3nccc(-c4scnc4-c4cccc(N(Cl)C(=O)c5cc(F)ccc5F)c4)n3)cc2N1. The van der Waals surface area contributed by atoms with E-state index in [-0.39, 0.29) is 18.2 Å². The first-order valence-electron chi connectivity index (χ1n) is 12.0. The molecule has 0 fully saturated rings. The summed E-state index contributed by atoms with van der Waals surface area (Å²) >= 11 is 7.63. The standard InChI is InChI=1S/C28H17ClF2N6O3S/c29-37(27(39)19-11-16(30)4-6-20(19)31)18-3-1-2-15(10-18)25-26(41-14-33-25)21-8-9-32-28(36-21)34-17-5-7-23-22(12-17)35-24(38)13-40-23/h1-12,14H,13H2,(H,35,38)(H,32,34,36). The molecule has 9 nitrogen and oxygen atoms in total. The highest BCUT2D eigenvalue weighted by Gasteiger charge is 2.22. The number of nitrogens with one attached hydrogen (secondary N) is 2. The molecule has 0 saturated heterocycles. The highest BCUT2D eigenvalue weighted by molar-refractivity contribution is 7.13. The van der Waals surface area contributed by atoms with Gasteiger partial charge in [0.2, 0.25) is 5.95 Å². The van der Waals surface area contributed by atoms with Crippen LogP contribution in [0, 0.1) is 11.6 Å². The fraction of sp³-hybridized carbons (Fsp3) is 0.0357. The van der Waals surface area contributed by atoms with E-state index in [1.54, 1.807) is 60.2 Å². The van der Waals surface area contributed by atoms with Crippen molar-refractivity contribution in [2.24, 2.45) is 0 Å². The number of benzene rings is 3. The van der Waals surface area contributed by atoms with Crippen molar-refractivity contribution < 1.29 is 23.1 Å². The van der Waals surface area contributed by atoms with Crippen molar-refractivity contribution in [3.8, 4) is 27.6 Å². The van der Waals surface area contributed by atoms with E-state index in [1.807, 2.05) is 0 Å². The summed E-state index contributed by atoms with van der Waals surface area (Å²) in [5.41, 5.74) is 4.37. The lowest BCUT2D eigenvalue weighted by atomic mass is 10.1. The Morgan fingerprint density at radius 3 is 2.83 bits per heavy atom. The smallest absolute Gasteiger partial charge is 0.276 e. The highest BCUT2D eigenvalue weighted by Crippen LogP contribution is 2.36. The maximum Gasteiger partial charge on any atom is 0.276 e. The summed E-state index contributed by atoms with van der Waals surface area (Å²) in [6, 6.07) is 16.2. The van der Waals surface area contributed by atoms with Gasteiger partial charge in [-0.2, -0.15) is 0 Å². The van der Waals surface area contributed by atoms with Crippen molar-refractivity contribution in [2.75, 3.05) is 21.7 Å². The molecule has 6 rings (SSSR count). The molecule has 3 aromatic carbocycles. The molecule has 2 amide bonds. The fourth-order valence-corrected chi connectivity index (χ4v) is 5.10. The molecular formula is C28H17ClF2N6O3S. The molecule has 0 radical (unpaired) electrons. The minimum atomic E-state index is -0.917. The first kappa shape index (κ1) is 26.3. The van der Waals surface area contributed by atoms with Crippen LogP contribution in [-0.2, 0) is 4.79 Å². The minimum absolute atomic E-state index is 0.0319. The van der Waals surface area contributed by atoms with Gasteiger partial charge in [-0.05, 0) is 54.6 Å². The third kappa shape index (κ3) is 5.42. The first-order chi connectivity index (χ1) is 19.9. The van der Waals surface area contributed by atoms with Gasteiger partial charge in [-0.25, -0.2) is 28.2 Å². The summed E-state index contributed by atoms with van der Waals surface area (Å²) in [7, 11) is 0. The minimum Gasteiger partial charge on any atom is -0.482 e. The van der Waals surface area contributed by atoms with Crippen LogP contribution in [0.5, 0.6) is 5.75 Å². The molecule has 0 spiro atoms. The summed E-state index contributed by atoms with van der Waals surface area (Å²) in [4.78, 5) is 38.6. The van der Waals surface area contributed by atoms with E-state index < -0.39 is 23.1 Å².